The zero-order chi connectivity index (χ0) is 16.4. The molecule has 0 amide bonds. The van der Waals surface area contributed by atoms with Crippen molar-refractivity contribution < 1.29 is 4.79 Å². The van der Waals surface area contributed by atoms with Crippen LogP contribution in [0, 0.1) is 6.92 Å². The molecule has 1 aromatic heterocycles. The lowest BCUT2D eigenvalue weighted by atomic mass is 9.97. The minimum atomic E-state index is 0.176. The van der Waals surface area contributed by atoms with Crippen molar-refractivity contribution in [2.75, 3.05) is 0 Å². The van der Waals surface area contributed by atoms with Gasteiger partial charge in [-0.3, -0.25) is 4.79 Å². The van der Waals surface area contributed by atoms with E-state index >= 15 is 0 Å². The van der Waals surface area contributed by atoms with Crippen molar-refractivity contribution in [2.45, 2.75) is 20.3 Å². The first kappa shape index (κ1) is 16.0. The molecule has 0 aliphatic heterocycles. The Hall–Kier alpha value is -1.90. The van der Waals surface area contributed by atoms with Crippen LogP contribution in [0.15, 0.2) is 54.6 Å². The summed E-state index contributed by atoms with van der Waals surface area (Å²) in [6, 6.07) is 17.9. The lowest BCUT2D eigenvalue weighted by Crippen LogP contribution is -1.95. The van der Waals surface area contributed by atoms with Crippen LogP contribution in [0.4, 0.5) is 0 Å². The van der Waals surface area contributed by atoms with Gasteiger partial charge in [0.15, 0.2) is 5.78 Å². The van der Waals surface area contributed by atoms with Crippen molar-refractivity contribution in [3.05, 3.63) is 70.1 Å². The monoisotopic (exact) mass is 340 g/mol. The molecule has 0 aliphatic rings. The molecule has 3 aromatic rings. The van der Waals surface area contributed by atoms with Gasteiger partial charge in [0.2, 0.25) is 0 Å². The van der Waals surface area contributed by atoms with E-state index in [4.69, 9.17) is 11.6 Å². The van der Waals surface area contributed by atoms with Crippen molar-refractivity contribution in [1.82, 2.24) is 0 Å². The lowest BCUT2D eigenvalue weighted by Gasteiger charge is -2.06. The first-order valence-electron chi connectivity index (χ1n) is 7.60. The van der Waals surface area contributed by atoms with Crippen molar-refractivity contribution in [2.24, 2.45) is 0 Å². The molecule has 2 aromatic carbocycles. The summed E-state index contributed by atoms with van der Waals surface area (Å²) in [6.07, 6.45) is 0.502. The Labute approximate surface area is 145 Å². The van der Waals surface area contributed by atoms with Crippen LogP contribution in [0.25, 0.3) is 21.6 Å². The number of ketones is 1. The highest BCUT2D eigenvalue weighted by Gasteiger charge is 2.22. The number of halogens is 1. The first-order chi connectivity index (χ1) is 11.1. The van der Waals surface area contributed by atoms with E-state index in [1.54, 1.807) is 11.3 Å². The molecule has 1 heterocycles. The molecular weight excluding hydrogens is 324 g/mol. The van der Waals surface area contributed by atoms with Gasteiger partial charge >= 0.3 is 0 Å². The largest absolute Gasteiger partial charge is 0.293 e. The van der Waals surface area contributed by atoms with Crippen LogP contribution in [-0.4, -0.2) is 5.78 Å². The second kappa shape index (κ2) is 6.69. The van der Waals surface area contributed by atoms with E-state index in [1.165, 1.54) is 0 Å². The van der Waals surface area contributed by atoms with Gasteiger partial charge in [-0.05, 0) is 24.1 Å². The van der Waals surface area contributed by atoms with Crippen LogP contribution in [-0.2, 0) is 0 Å². The fourth-order valence-corrected chi connectivity index (χ4v) is 4.39. The Morgan fingerprint density at radius 2 is 1.70 bits per heavy atom. The molecule has 0 aliphatic carbocycles. The van der Waals surface area contributed by atoms with E-state index in [2.05, 4.69) is 19.1 Å². The summed E-state index contributed by atoms with van der Waals surface area (Å²) < 4.78 is 0. The molecule has 3 heteroatoms. The molecule has 0 unspecified atom stereocenters. The van der Waals surface area contributed by atoms with E-state index < -0.39 is 0 Å². The number of rotatable bonds is 4. The van der Waals surface area contributed by atoms with E-state index in [1.807, 2.05) is 49.4 Å². The Balaban J connectivity index is 2.27. The summed E-state index contributed by atoms with van der Waals surface area (Å²) >= 11 is 7.92. The fraction of sp³-hybridized carbons (Fsp3) is 0.150. The third-order valence-corrected chi connectivity index (χ3v) is 5.60. The summed E-state index contributed by atoms with van der Waals surface area (Å²) in [4.78, 5) is 14.4. The number of hydrogen-bond donors (Lipinski definition) is 0. The number of Topliss-reactive ketones (excluding diaryl/α,β-unsaturated/α-hetero) is 1. The SMILES string of the molecule is CCC(=O)c1sc(-c2ccccc2Cl)c(C)c1-c1ccccc1. The highest BCUT2D eigenvalue weighted by atomic mass is 35.5. The van der Waals surface area contributed by atoms with Gasteiger partial charge in [-0.2, -0.15) is 0 Å². The number of benzene rings is 2. The maximum absolute atomic E-state index is 12.5. The van der Waals surface area contributed by atoms with E-state index in [-0.39, 0.29) is 5.78 Å². The van der Waals surface area contributed by atoms with E-state index in [0.29, 0.717) is 11.4 Å². The van der Waals surface area contributed by atoms with Crippen LogP contribution in [0.5, 0.6) is 0 Å². The minimum Gasteiger partial charge on any atom is -0.293 e. The highest BCUT2D eigenvalue weighted by molar-refractivity contribution is 7.18. The van der Waals surface area contributed by atoms with Crippen molar-refractivity contribution in [3.8, 4) is 21.6 Å². The number of carbonyl (C=O) groups excluding carboxylic acids is 1. The molecule has 0 saturated heterocycles. The van der Waals surface area contributed by atoms with Gasteiger partial charge in [0.05, 0.1) is 4.88 Å². The molecule has 116 valence electrons. The molecule has 3 rings (SSSR count). The van der Waals surface area contributed by atoms with Crippen LogP contribution in [0.2, 0.25) is 5.02 Å². The zero-order valence-corrected chi connectivity index (χ0v) is 14.7. The normalized spacial score (nSPS) is 10.7. The molecule has 0 atom stereocenters. The summed E-state index contributed by atoms with van der Waals surface area (Å²) in [5, 5.41) is 0.715. The van der Waals surface area contributed by atoms with Crippen molar-refractivity contribution in [3.63, 3.8) is 0 Å². The van der Waals surface area contributed by atoms with Gasteiger partial charge in [0.1, 0.15) is 0 Å². The lowest BCUT2D eigenvalue weighted by molar-refractivity contribution is 0.0992. The van der Waals surface area contributed by atoms with Crippen molar-refractivity contribution in [1.29, 1.82) is 0 Å². The van der Waals surface area contributed by atoms with Gasteiger partial charge in [0.25, 0.3) is 0 Å². The molecular formula is C20H17ClOS. The predicted octanol–water partition coefficient (Wildman–Crippen LogP) is 6.64. The average Bonchev–Trinajstić information content (AvgIpc) is 2.92. The van der Waals surface area contributed by atoms with E-state index in [0.717, 1.165) is 32.0 Å². The van der Waals surface area contributed by atoms with Crippen LogP contribution >= 0.6 is 22.9 Å². The second-order valence-corrected chi connectivity index (χ2v) is 6.81. The third-order valence-electron chi connectivity index (χ3n) is 3.90. The molecule has 1 nitrogen and oxygen atoms in total. The summed E-state index contributed by atoms with van der Waals surface area (Å²) in [7, 11) is 0. The standard InChI is InChI=1S/C20H17ClOS/c1-3-17(22)20-18(14-9-5-4-6-10-14)13(2)19(23-20)15-11-7-8-12-16(15)21/h4-12H,3H2,1-2H3. The molecule has 0 radical (unpaired) electrons. The Kier molecular flexibility index (Phi) is 4.65. The molecule has 0 bridgehead atoms. The van der Waals surface area contributed by atoms with Gasteiger partial charge in [-0.25, -0.2) is 0 Å². The quantitative estimate of drug-likeness (QED) is 0.487. The smallest absolute Gasteiger partial charge is 0.173 e. The van der Waals surface area contributed by atoms with Gasteiger partial charge in [0, 0.05) is 27.4 Å². The Morgan fingerprint density at radius 1 is 1.04 bits per heavy atom. The summed E-state index contributed by atoms with van der Waals surface area (Å²) in [5.41, 5.74) is 4.23. The third kappa shape index (κ3) is 2.97. The van der Waals surface area contributed by atoms with Crippen LogP contribution in [0.3, 0.4) is 0 Å². The molecule has 0 spiro atoms. The maximum atomic E-state index is 12.5. The van der Waals surface area contributed by atoms with Gasteiger partial charge in [-0.15, -0.1) is 11.3 Å². The topological polar surface area (TPSA) is 17.1 Å². The fourth-order valence-electron chi connectivity index (χ4n) is 2.73. The number of hydrogen-bond acceptors (Lipinski definition) is 2. The predicted molar refractivity (Wildman–Crippen MR) is 99.6 cm³/mol. The molecule has 0 fully saturated rings. The Morgan fingerprint density at radius 3 is 2.35 bits per heavy atom. The van der Waals surface area contributed by atoms with Crippen molar-refractivity contribution >= 4 is 28.7 Å². The van der Waals surface area contributed by atoms with Gasteiger partial charge < -0.3 is 0 Å². The highest BCUT2D eigenvalue weighted by Crippen LogP contribution is 2.44. The average molecular weight is 341 g/mol. The first-order valence-corrected chi connectivity index (χ1v) is 8.79. The summed E-state index contributed by atoms with van der Waals surface area (Å²) in [5.74, 6) is 0.176. The summed E-state index contributed by atoms with van der Waals surface area (Å²) in [6.45, 7) is 3.98. The maximum Gasteiger partial charge on any atom is 0.173 e. The second-order valence-electron chi connectivity index (χ2n) is 5.38. The number of thiophene rings is 1. The van der Waals surface area contributed by atoms with Crippen LogP contribution < -0.4 is 0 Å². The minimum absolute atomic E-state index is 0.176. The van der Waals surface area contributed by atoms with E-state index in [9.17, 15) is 4.79 Å². The molecule has 0 saturated carbocycles. The number of carbonyl (C=O) groups is 1. The van der Waals surface area contributed by atoms with Gasteiger partial charge in [-0.1, -0.05) is 67.1 Å². The molecule has 23 heavy (non-hydrogen) atoms. The Bertz CT molecular complexity index is 849. The van der Waals surface area contributed by atoms with Crippen LogP contribution in [0.1, 0.15) is 28.6 Å². The zero-order valence-electron chi connectivity index (χ0n) is 13.1. The molecule has 0 N–H and O–H groups in total.